The Morgan fingerprint density at radius 2 is 2.21 bits per heavy atom. The van der Waals surface area contributed by atoms with Gasteiger partial charge in [0.15, 0.2) is 0 Å². The summed E-state index contributed by atoms with van der Waals surface area (Å²) in [7, 11) is 1.37. The second-order valence-corrected chi connectivity index (χ2v) is 5.11. The summed E-state index contributed by atoms with van der Waals surface area (Å²) >= 11 is 1.52. The molecule has 5 heteroatoms. The quantitative estimate of drug-likeness (QED) is 0.612. The standard InChI is InChI=1S/C14H18N2O2S/c1-10(2)16(9-14(17)18-3)12-6-5-7-13(19-4)11(12)8-15/h5-7,10H,9H2,1-4H3. The van der Waals surface area contributed by atoms with E-state index < -0.39 is 0 Å². The maximum Gasteiger partial charge on any atom is 0.325 e. The molecule has 0 heterocycles. The molecule has 4 nitrogen and oxygen atoms in total. The number of ether oxygens (including phenoxy) is 1. The maximum atomic E-state index is 11.5. The lowest BCUT2D eigenvalue weighted by molar-refractivity contribution is -0.139. The highest BCUT2D eigenvalue weighted by Crippen LogP contribution is 2.30. The first kappa shape index (κ1) is 15.4. The van der Waals surface area contributed by atoms with Gasteiger partial charge in [-0.05, 0) is 32.2 Å². The van der Waals surface area contributed by atoms with Crippen LogP contribution in [0.25, 0.3) is 0 Å². The van der Waals surface area contributed by atoms with Crippen LogP contribution in [0.4, 0.5) is 5.69 Å². The van der Waals surface area contributed by atoms with E-state index in [1.807, 2.05) is 43.2 Å². The molecule has 19 heavy (non-hydrogen) atoms. The number of thioether (sulfide) groups is 1. The van der Waals surface area contributed by atoms with Crippen molar-refractivity contribution in [3.05, 3.63) is 23.8 Å². The molecule has 0 saturated heterocycles. The summed E-state index contributed by atoms with van der Waals surface area (Å²) in [4.78, 5) is 14.3. The van der Waals surface area contributed by atoms with Gasteiger partial charge < -0.3 is 9.64 Å². The molecule has 1 rings (SSSR count). The molecular formula is C14H18N2O2S. The lowest BCUT2D eigenvalue weighted by atomic mass is 10.1. The summed E-state index contributed by atoms with van der Waals surface area (Å²) in [6.45, 7) is 4.10. The number of hydrogen-bond acceptors (Lipinski definition) is 5. The third-order valence-corrected chi connectivity index (χ3v) is 3.58. The van der Waals surface area contributed by atoms with Crippen LogP contribution in [0.15, 0.2) is 23.1 Å². The van der Waals surface area contributed by atoms with Crippen LogP contribution >= 0.6 is 11.8 Å². The van der Waals surface area contributed by atoms with E-state index in [0.717, 1.165) is 10.6 Å². The second kappa shape index (κ2) is 7.05. The molecule has 0 aliphatic carbocycles. The lowest BCUT2D eigenvalue weighted by Gasteiger charge is -2.29. The highest BCUT2D eigenvalue weighted by Gasteiger charge is 2.19. The molecule has 0 aliphatic rings. The lowest BCUT2D eigenvalue weighted by Crippen LogP contribution is -2.36. The Hall–Kier alpha value is -1.67. The molecule has 102 valence electrons. The number of methoxy groups -OCH3 is 1. The van der Waals surface area contributed by atoms with Gasteiger partial charge in [0.05, 0.1) is 18.4 Å². The zero-order valence-electron chi connectivity index (χ0n) is 11.6. The number of nitrogens with zero attached hydrogens (tertiary/aromatic N) is 2. The van der Waals surface area contributed by atoms with Crippen molar-refractivity contribution in [2.45, 2.75) is 24.8 Å². The molecule has 0 amide bonds. The van der Waals surface area contributed by atoms with E-state index in [-0.39, 0.29) is 18.6 Å². The van der Waals surface area contributed by atoms with Crippen molar-refractivity contribution in [1.29, 1.82) is 5.26 Å². The molecule has 0 aromatic heterocycles. The smallest absolute Gasteiger partial charge is 0.325 e. The van der Waals surface area contributed by atoms with E-state index >= 15 is 0 Å². The van der Waals surface area contributed by atoms with Gasteiger partial charge in [-0.3, -0.25) is 4.79 Å². The van der Waals surface area contributed by atoms with Gasteiger partial charge in [-0.1, -0.05) is 6.07 Å². The zero-order chi connectivity index (χ0) is 14.4. The number of carbonyl (C=O) groups excluding carboxylic acids is 1. The Balaban J connectivity index is 3.23. The second-order valence-electron chi connectivity index (χ2n) is 4.26. The number of carbonyl (C=O) groups is 1. The molecule has 0 N–H and O–H groups in total. The first-order valence-corrected chi connectivity index (χ1v) is 7.18. The van der Waals surface area contributed by atoms with Gasteiger partial charge in [0.1, 0.15) is 12.6 Å². The van der Waals surface area contributed by atoms with Crippen molar-refractivity contribution in [2.24, 2.45) is 0 Å². The fourth-order valence-electron chi connectivity index (χ4n) is 1.79. The highest BCUT2D eigenvalue weighted by atomic mass is 32.2. The molecule has 0 spiro atoms. The minimum atomic E-state index is -0.313. The Bertz CT molecular complexity index is 495. The van der Waals surface area contributed by atoms with Crippen molar-refractivity contribution in [3.8, 4) is 6.07 Å². The number of nitriles is 1. The van der Waals surface area contributed by atoms with E-state index in [4.69, 9.17) is 4.74 Å². The van der Waals surface area contributed by atoms with Gasteiger partial charge in [0, 0.05) is 10.9 Å². The Kier molecular flexibility index (Phi) is 5.71. The third kappa shape index (κ3) is 3.65. The third-order valence-electron chi connectivity index (χ3n) is 2.80. The number of esters is 1. The molecule has 1 aromatic carbocycles. The largest absolute Gasteiger partial charge is 0.468 e. The van der Waals surface area contributed by atoms with Gasteiger partial charge >= 0.3 is 5.97 Å². The van der Waals surface area contributed by atoms with Crippen LogP contribution in [0.5, 0.6) is 0 Å². The van der Waals surface area contributed by atoms with Crippen LogP contribution < -0.4 is 4.90 Å². The van der Waals surface area contributed by atoms with Crippen LogP contribution in [0.1, 0.15) is 19.4 Å². The summed E-state index contributed by atoms with van der Waals surface area (Å²) in [6.07, 6.45) is 1.93. The van der Waals surface area contributed by atoms with Crippen molar-refractivity contribution in [1.82, 2.24) is 0 Å². The van der Waals surface area contributed by atoms with Crippen molar-refractivity contribution in [2.75, 3.05) is 24.8 Å². The van der Waals surface area contributed by atoms with Gasteiger partial charge in [-0.15, -0.1) is 11.8 Å². The van der Waals surface area contributed by atoms with Crippen molar-refractivity contribution < 1.29 is 9.53 Å². The highest BCUT2D eigenvalue weighted by molar-refractivity contribution is 7.98. The van der Waals surface area contributed by atoms with Crippen LogP contribution in [0.3, 0.4) is 0 Å². The molecule has 0 bridgehead atoms. The van der Waals surface area contributed by atoms with E-state index in [0.29, 0.717) is 5.56 Å². The maximum absolute atomic E-state index is 11.5. The fraction of sp³-hybridized carbons (Fsp3) is 0.429. The minimum absolute atomic E-state index is 0.100. The molecule has 0 aliphatic heterocycles. The van der Waals surface area contributed by atoms with Gasteiger partial charge in [0.2, 0.25) is 0 Å². The van der Waals surface area contributed by atoms with Crippen LogP contribution in [0.2, 0.25) is 0 Å². The van der Waals surface area contributed by atoms with E-state index in [9.17, 15) is 10.1 Å². The zero-order valence-corrected chi connectivity index (χ0v) is 12.5. The van der Waals surface area contributed by atoms with Crippen LogP contribution in [0, 0.1) is 11.3 Å². The number of anilines is 1. The van der Waals surface area contributed by atoms with Crippen LogP contribution in [-0.4, -0.2) is 31.9 Å². The normalized spacial score (nSPS) is 10.1. The molecular weight excluding hydrogens is 260 g/mol. The van der Waals surface area contributed by atoms with Crippen LogP contribution in [-0.2, 0) is 9.53 Å². The van der Waals surface area contributed by atoms with E-state index in [1.54, 1.807) is 0 Å². The minimum Gasteiger partial charge on any atom is -0.468 e. The summed E-state index contributed by atoms with van der Waals surface area (Å²) < 4.78 is 4.71. The predicted molar refractivity (Wildman–Crippen MR) is 77.4 cm³/mol. The number of hydrogen-bond donors (Lipinski definition) is 0. The molecule has 0 saturated carbocycles. The fourth-order valence-corrected chi connectivity index (χ4v) is 2.36. The monoisotopic (exact) mass is 278 g/mol. The summed E-state index contributed by atoms with van der Waals surface area (Å²) in [5.41, 5.74) is 1.38. The molecule has 0 radical (unpaired) electrons. The van der Waals surface area contributed by atoms with Gasteiger partial charge in [-0.2, -0.15) is 5.26 Å². The number of benzene rings is 1. The van der Waals surface area contributed by atoms with Crippen molar-refractivity contribution in [3.63, 3.8) is 0 Å². The first-order chi connectivity index (χ1) is 9.04. The Morgan fingerprint density at radius 3 is 2.68 bits per heavy atom. The van der Waals surface area contributed by atoms with E-state index in [1.165, 1.54) is 18.9 Å². The van der Waals surface area contributed by atoms with Crippen molar-refractivity contribution >= 4 is 23.4 Å². The summed E-state index contributed by atoms with van der Waals surface area (Å²) in [5, 5.41) is 9.35. The Labute approximate surface area is 118 Å². The van der Waals surface area contributed by atoms with Gasteiger partial charge in [-0.25, -0.2) is 0 Å². The molecule has 1 aromatic rings. The number of rotatable bonds is 5. The molecule has 0 atom stereocenters. The molecule has 0 fully saturated rings. The van der Waals surface area contributed by atoms with Gasteiger partial charge in [0.25, 0.3) is 0 Å². The molecule has 0 unspecified atom stereocenters. The summed E-state index contributed by atoms with van der Waals surface area (Å²) in [6, 6.07) is 7.99. The summed E-state index contributed by atoms with van der Waals surface area (Å²) in [5.74, 6) is -0.313. The average Bonchev–Trinajstić information content (AvgIpc) is 2.42. The first-order valence-electron chi connectivity index (χ1n) is 5.95. The predicted octanol–water partition coefficient (Wildman–Crippen LogP) is 2.67. The Morgan fingerprint density at radius 1 is 1.53 bits per heavy atom. The average molecular weight is 278 g/mol. The topological polar surface area (TPSA) is 53.3 Å². The SMILES string of the molecule is COC(=O)CN(c1cccc(SC)c1C#N)C(C)C. The van der Waals surface area contributed by atoms with E-state index in [2.05, 4.69) is 6.07 Å².